The third kappa shape index (κ3) is 2.35. The molecule has 0 bridgehead atoms. The van der Waals surface area contributed by atoms with E-state index in [0.29, 0.717) is 13.2 Å². The van der Waals surface area contributed by atoms with Crippen LogP contribution in [0.2, 0.25) is 0 Å². The third-order valence-corrected chi connectivity index (χ3v) is 2.88. The van der Waals surface area contributed by atoms with Crippen molar-refractivity contribution in [1.29, 1.82) is 0 Å². The fourth-order valence-corrected chi connectivity index (χ4v) is 2.00. The molecule has 0 radical (unpaired) electrons. The second-order valence-electron chi connectivity index (χ2n) is 4.12. The van der Waals surface area contributed by atoms with E-state index in [1.807, 2.05) is 42.5 Å². The predicted octanol–water partition coefficient (Wildman–Crippen LogP) is 2.78. The van der Waals surface area contributed by atoms with Gasteiger partial charge < -0.3 is 10.1 Å². The van der Waals surface area contributed by atoms with Crippen molar-refractivity contribution < 1.29 is 9.53 Å². The molecule has 1 fully saturated rings. The summed E-state index contributed by atoms with van der Waals surface area (Å²) in [6.45, 7) is 0.997. The van der Waals surface area contributed by atoms with Crippen LogP contribution >= 0.6 is 0 Å². The van der Waals surface area contributed by atoms with E-state index in [-0.39, 0.29) is 6.09 Å². The van der Waals surface area contributed by atoms with Gasteiger partial charge in [0.1, 0.15) is 12.4 Å². The number of carbonyl (C=O) groups is 1. The lowest BCUT2D eigenvalue weighted by atomic mass is 10.2. The van der Waals surface area contributed by atoms with Gasteiger partial charge in [0.2, 0.25) is 0 Å². The molecule has 0 saturated carbocycles. The molecule has 1 amide bonds. The summed E-state index contributed by atoms with van der Waals surface area (Å²) in [5, 5.41) is 3.21. The maximum Gasteiger partial charge on any atom is 0.414 e. The van der Waals surface area contributed by atoms with Gasteiger partial charge in [-0.15, -0.1) is 0 Å². The molecular formula is C14H13N3O2. The molecule has 1 aromatic carbocycles. The topological polar surface area (TPSA) is 54.5 Å². The largest absolute Gasteiger partial charge is 0.447 e. The highest BCUT2D eigenvalue weighted by Crippen LogP contribution is 2.29. The number of benzene rings is 1. The minimum absolute atomic E-state index is 0.310. The standard InChI is InChI=1S/C14H13N3O2/c18-14-17(9-10-19-14)12-6-2-1-5-11(12)16-13-7-3-4-8-15-13/h1-8H,9-10H2,(H,15,16). The molecule has 3 rings (SSSR count). The molecule has 5 nitrogen and oxygen atoms in total. The summed E-state index contributed by atoms with van der Waals surface area (Å²) in [6, 6.07) is 13.2. The maximum absolute atomic E-state index is 11.6. The fraction of sp³-hybridized carbons (Fsp3) is 0.143. The molecule has 96 valence electrons. The van der Waals surface area contributed by atoms with E-state index >= 15 is 0 Å². The summed E-state index contributed by atoms with van der Waals surface area (Å²) in [5.74, 6) is 0.738. The van der Waals surface area contributed by atoms with E-state index in [0.717, 1.165) is 17.2 Å². The van der Waals surface area contributed by atoms with Crippen LogP contribution in [0.25, 0.3) is 0 Å². The number of nitrogens with one attached hydrogen (secondary N) is 1. The number of anilines is 3. The van der Waals surface area contributed by atoms with Gasteiger partial charge >= 0.3 is 6.09 Å². The van der Waals surface area contributed by atoms with Gasteiger partial charge in [-0.1, -0.05) is 18.2 Å². The Bertz CT molecular complexity index is 586. The molecule has 0 atom stereocenters. The Morgan fingerprint density at radius 3 is 2.74 bits per heavy atom. The van der Waals surface area contributed by atoms with Crippen molar-refractivity contribution in [3.05, 3.63) is 48.7 Å². The van der Waals surface area contributed by atoms with E-state index in [1.54, 1.807) is 11.1 Å². The number of hydrogen-bond donors (Lipinski definition) is 1. The van der Waals surface area contributed by atoms with Crippen molar-refractivity contribution in [2.24, 2.45) is 0 Å². The van der Waals surface area contributed by atoms with Gasteiger partial charge in [0.15, 0.2) is 0 Å². The van der Waals surface area contributed by atoms with Crippen molar-refractivity contribution in [2.45, 2.75) is 0 Å². The molecule has 0 unspecified atom stereocenters. The molecule has 1 aliphatic heterocycles. The quantitative estimate of drug-likeness (QED) is 0.916. The lowest BCUT2D eigenvalue weighted by Gasteiger charge is -2.17. The van der Waals surface area contributed by atoms with E-state index < -0.39 is 0 Å². The van der Waals surface area contributed by atoms with Gasteiger partial charge in [-0.05, 0) is 24.3 Å². The second-order valence-corrected chi connectivity index (χ2v) is 4.12. The van der Waals surface area contributed by atoms with Gasteiger partial charge in [-0.2, -0.15) is 0 Å². The van der Waals surface area contributed by atoms with Gasteiger partial charge in [0, 0.05) is 6.20 Å². The molecule has 1 N–H and O–H groups in total. The van der Waals surface area contributed by atoms with Gasteiger partial charge in [-0.3, -0.25) is 4.90 Å². The van der Waals surface area contributed by atoms with E-state index in [9.17, 15) is 4.79 Å². The van der Waals surface area contributed by atoms with E-state index in [4.69, 9.17) is 4.74 Å². The van der Waals surface area contributed by atoms with E-state index in [1.165, 1.54) is 0 Å². The number of ether oxygens (including phenoxy) is 1. The van der Waals surface area contributed by atoms with Crippen LogP contribution in [0.1, 0.15) is 0 Å². The minimum atomic E-state index is -0.310. The smallest absolute Gasteiger partial charge is 0.414 e. The zero-order valence-corrected chi connectivity index (χ0v) is 10.2. The molecule has 1 saturated heterocycles. The van der Waals surface area contributed by atoms with Gasteiger partial charge in [-0.25, -0.2) is 9.78 Å². The number of pyridine rings is 1. The van der Waals surface area contributed by atoms with Crippen molar-refractivity contribution in [3.8, 4) is 0 Å². The van der Waals surface area contributed by atoms with Crippen LogP contribution in [-0.4, -0.2) is 24.2 Å². The maximum atomic E-state index is 11.6. The Hall–Kier alpha value is -2.56. The normalized spacial score (nSPS) is 14.3. The van der Waals surface area contributed by atoms with Crippen molar-refractivity contribution >= 4 is 23.3 Å². The summed E-state index contributed by atoms with van der Waals surface area (Å²) in [5.41, 5.74) is 1.63. The van der Waals surface area contributed by atoms with Gasteiger partial charge in [0.25, 0.3) is 0 Å². The Balaban J connectivity index is 1.91. The number of hydrogen-bond acceptors (Lipinski definition) is 4. The molecule has 0 spiro atoms. The first-order chi connectivity index (χ1) is 9.34. The highest BCUT2D eigenvalue weighted by Gasteiger charge is 2.25. The Kier molecular flexibility index (Phi) is 3.02. The summed E-state index contributed by atoms with van der Waals surface area (Å²) in [4.78, 5) is 17.5. The first-order valence-electron chi connectivity index (χ1n) is 6.06. The Morgan fingerprint density at radius 2 is 2.00 bits per heavy atom. The van der Waals surface area contributed by atoms with Gasteiger partial charge in [0.05, 0.1) is 17.9 Å². The number of cyclic esters (lactones) is 1. The summed E-state index contributed by atoms with van der Waals surface area (Å²) in [7, 11) is 0. The van der Waals surface area contributed by atoms with Crippen molar-refractivity contribution in [2.75, 3.05) is 23.4 Å². The second kappa shape index (κ2) is 4.97. The van der Waals surface area contributed by atoms with Crippen LogP contribution in [0, 0.1) is 0 Å². The first kappa shape index (κ1) is 11.5. The van der Waals surface area contributed by atoms with Crippen LogP contribution in [0.3, 0.4) is 0 Å². The molecule has 1 aliphatic rings. The van der Waals surface area contributed by atoms with Crippen LogP contribution in [-0.2, 0) is 4.74 Å². The van der Waals surface area contributed by atoms with Crippen LogP contribution in [0.4, 0.5) is 22.0 Å². The number of rotatable bonds is 3. The first-order valence-corrected chi connectivity index (χ1v) is 6.06. The third-order valence-electron chi connectivity index (χ3n) is 2.88. The molecule has 0 aliphatic carbocycles. The number of para-hydroxylation sites is 2. The number of nitrogens with zero attached hydrogens (tertiary/aromatic N) is 2. The predicted molar refractivity (Wildman–Crippen MR) is 72.7 cm³/mol. The van der Waals surface area contributed by atoms with Crippen LogP contribution < -0.4 is 10.2 Å². The minimum Gasteiger partial charge on any atom is -0.447 e. The number of carbonyl (C=O) groups excluding carboxylic acids is 1. The zero-order chi connectivity index (χ0) is 13.1. The highest BCUT2D eigenvalue weighted by molar-refractivity contribution is 5.94. The lowest BCUT2D eigenvalue weighted by molar-refractivity contribution is 0.181. The Labute approximate surface area is 110 Å². The fourth-order valence-electron chi connectivity index (χ4n) is 2.00. The highest BCUT2D eigenvalue weighted by atomic mass is 16.6. The lowest BCUT2D eigenvalue weighted by Crippen LogP contribution is -2.24. The summed E-state index contributed by atoms with van der Waals surface area (Å²) >= 11 is 0. The average Bonchev–Trinajstić information content (AvgIpc) is 2.87. The average molecular weight is 255 g/mol. The monoisotopic (exact) mass is 255 g/mol. The number of aromatic nitrogens is 1. The number of amides is 1. The molecule has 2 heterocycles. The molecule has 19 heavy (non-hydrogen) atoms. The molecular weight excluding hydrogens is 242 g/mol. The summed E-state index contributed by atoms with van der Waals surface area (Å²) < 4.78 is 4.97. The van der Waals surface area contributed by atoms with Crippen LogP contribution in [0.15, 0.2) is 48.7 Å². The Morgan fingerprint density at radius 1 is 1.16 bits per heavy atom. The van der Waals surface area contributed by atoms with Crippen molar-refractivity contribution in [3.63, 3.8) is 0 Å². The van der Waals surface area contributed by atoms with E-state index in [2.05, 4.69) is 10.3 Å². The molecule has 1 aromatic heterocycles. The molecule has 5 heteroatoms. The van der Waals surface area contributed by atoms with Crippen molar-refractivity contribution in [1.82, 2.24) is 4.98 Å². The molecule has 2 aromatic rings. The SMILES string of the molecule is O=C1OCCN1c1ccccc1Nc1ccccn1. The van der Waals surface area contributed by atoms with Crippen LogP contribution in [0.5, 0.6) is 0 Å². The zero-order valence-electron chi connectivity index (χ0n) is 10.2. The summed E-state index contributed by atoms with van der Waals surface area (Å²) in [6.07, 6.45) is 1.41.